The minimum absolute atomic E-state index is 0.0349. The Bertz CT molecular complexity index is 526. The zero-order valence-electron chi connectivity index (χ0n) is 8.05. The summed E-state index contributed by atoms with van der Waals surface area (Å²) in [6.07, 6.45) is -1.82. The van der Waals surface area contributed by atoms with Crippen LogP contribution < -0.4 is 4.72 Å². The number of carbonyl (C=O) groups is 1. The van der Waals surface area contributed by atoms with E-state index in [1.54, 1.807) is 0 Å². The van der Waals surface area contributed by atoms with Gasteiger partial charge in [-0.1, -0.05) is 23.2 Å². The average Bonchev–Trinajstić information content (AvgIpc) is 2.55. The monoisotopic (exact) mass is 319 g/mol. The molecular formula is C7H7Cl2NO5S2. The third kappa shape index (κ3) is 3.80. The van der Waals surface area contributed by atoms with Crippen molar-refractivity contribution in [2.24, 2.45) is 0 Å². The molecule has 6 nitrogen and oxygen atoms in total. The largest absolute Gasteiger partial charge is 0.479 e. The molecule has 17 heavy (non-hydrogen) atoms. The molecule has 0 radical (unpaired) electrons. The number of aliphatic carboxylic acids is 1. The number of aliphatic hydroxyl groups is 1. The number of halogens is 2. The van der Waals surface area contributed by atoms with Gasteiger partial charge in [0.25, 0.3) is 0 Å². The van der Waals surface area contributed by atoms with Crippen molar-refractivity contribution in [1.29, 1.82) is 0 Å². The molecule has 0 saturated heterocycles. The van der Waals surface area contributed by atoms with Gasteiger partial charge in [0.1, 0.15) is 9.23 Å². The van der Waals surface area contributed by atoms with Gasteiger partial charge in [-0.15, -0.1) is 11.3 Å². The van der Waals surface area contributed by atoms with Crippen molar-refractivity contribution >= 4 is 50.5 Å². The van der Waals surface area contributed by atoms with E-state index in [-0.39, 0.29) is 13.6 Å². The Morgan fingerprint density at radius 3 is 2.53 bits per heavy atom. The second-order valence-corrected chi connectivity index (χ2v) is 6.92. The molecule has 1 aromatic heterocycles. The van der Waals surface area contributed by atoms with E-state index in [9.17, 15) is 13.2 Å². The van der Waals surface area contributed by atoms with E-state index in [1.165, 1.54) is 0 Å². The van der Waals surface area contributed by atoms with Crippen LogP contribution in [0, 0.1) is 0 Å². The number of aliphatic hydroxyl groups excluding tert-OH is 1. The molecule has 96 valence electrons. The number of thiophene rings is 1. The fraction of sp³-hybridized carbons (Fsp3) is 0.286. The number of rotatable bonds is 5. The molecule has 1 atom stereocenters. The molecular weight excluding hydrogens is 313 g/mol. The minimum Gasteiger partial charge on any atom is -0.479 e. The Hall–Kier alpha value is -0.380. The Morgan fingerprint density at radius 1 is 1.53 bits per heavy atom. The Kier molecular flexibility index (Phi) is 4.76. The lowest BCUT2D eigenvalue weighted by Crippen LogP contribution is -2.36. The van der Waals surface area contributed by atoms with Crippen molar-refractivity contribution < 1.29 is 23.4 Å². The number of carboxylic acid groups (broad SMARTS) is 1. The highest BCUT2D eigenvalue weighted by molar-refractivity contribution is 7.89. The van der Waals surface area contributed by atoms with Crippen LogP contribution in [-0.4, -0.2) is 37.2 Å². The Balaban J connectivity index is 2.83. The van der Waals surface area contributed by atoms with Crippen LogP contribution in [0.4, 0.5) is 0 Å². The van der Waals surface area contributed by atoms with E-state index >= 15 is 0 Å². The van der Waals surface area contributed by atoms with Crippen LogP contribution >= 0.6 is 34.5 Å². The van der Waals surface area contributed by atoms with Gasteiger partial charge in [0.05, 0.1) is 4.34 Å². The number of hydrogen-bond donors (Lipinski definition) is 3. The van der Waals surface area contributed by atoms with Crippen LogP contribution in [0.1, 0.15) is 0 Å². The molecule has 0 saturated carbocycles. The summed E-state index contributed by atoms with van der Waals surface area (Å²) in [5.74, 6) is -1.53. The number of nitrogens with one attached hydrogen (secondary N) is 1. The first-order valence-corrected chi connectivity index (χ1v) is 7.15. The number of hydrogen-bond acceptors (Lipinski definition) is 5. The molecule has 0 bridgehead atoms. The average molecular weight is 320 g/mol. The van der Waals surface area contributed by atoms with Gasteiger partial charge in [-0.2, -0.15) is 0 Å². The molecule has 0 fully saturated rings. The fourth-order valence-electron chi connectivity index (χ4n) is 0.862. The van der Waals surface area contributed by atoms with Gasteiger partial charge in [0.15, 0.2) is 6.10 Å². The molecule has 3 N–H and O–H groups in total. The van der Waals surface area contributed by atoms with E-state index < -0.39 is 28.6 Å². The lowest BCUT2D eigenvalue weighted by Gasteiger charge is -2.07. The highest BCUT2D eigenvalue weighted by Gasteiger charge is 2.23. The first kappa shape index (κ1) is 14.7. The number of sulfonamides is 1. The van der Waals surface area contributed by atoms with Crippen molar-refractivity contribution in [3.63, 3.8) is 0 Å². The summed E-state index contributed by atoms with van der Waals surface area (Å²) in [6, 6.07) is 1.14. The molecule has 1 rings (SSSR count). The highest BCUT2D eigenvalue weighted by Crippen LogP contribution is 2.33. The summed E-state index contributed by atoms with van der Waals surface area (Å²) in [5.41, 5.74) is 0. The predicted octanol–water partition coefficient (Wildman–Crippen LogP) is 0.779. The maximum atomic E-state index is 11.6. The molecule has 0 amide bonds. The zero-order valence-corrected chi connectivity index (χ0v) is 11.2. The molecule has 10 heteroatoms. The van der Waals surface area contributed by atoms with E-state index in [0.717, 1.165) is 17.4 Å². The molecule has 0 aliphatic heterocycles. The minimum atomic E-state index is -3.98. The van der Waals surface area contributed by atoms with Gasteiger partial charge in [-0.3, -0.25) is 0 Å². The van der Waals surface area contributed by atoms with Crippen LogP contribution in [0.2, 0.25) is 8.67 Å². The van der Waals surface area contributed by atoms with Crippen molar-refractivity contribution in [2.75, 3.05) is 6.54 Å². The molecule has 0 unspecified atom stereocenters. The summed E-state index contributed by atoms with van der Waals surface area (Å²) in [5, 5.41) is 17.3. The summed E-state index contributed by atoms with van der Waals surface area (Å²) in [4.78, 5) is 10.1. The van der Waals surface area contributed by atoms with E-state index in [4.69, 9.17) is 33.4 Å². The number of carboxylic acids is 1. The van der Waals surface area contributed by atoms with Gasteiger partial charge in [0, 0.05) is 6.54 Å². The van der Waals surface area contributed by atoms with Crippen molar-refractivity contribution in [1.82, 2.24) is 4.72 Å². The van der Waals surface area contributed by atoms with Gasteiger partial charge in [-0.05, 0) is 6.07 Å². The SMILES string of the molecule is O=C(O)[C@@H](O)CNS(=O)(=O)c1cc(Cl)sc1Cl. The topological polar surface area (TPSA) is 104 Å². The third-order valence-corrected chi connectivity index (χ3v) is 4.84. The summed E-state index contributed by atoms with van der Waals surface area (Å²) < 4.78 is 25.4. The summed E-state index contributed by atoms with van der Waals surface area (Å²) >= 11 is 12.1. The second-order valence-electron chi connectivity index (χ2n) is 2.89. The van der Waals surface area contributed by atoms with Crippen LogP contribution in [0.25, 0.3) is 0 Å². The zero-order chi connectivity index (χ0) is 13.2. The normalized spacial score (nSPS) is 13.6. The maximum absolute atomic E-state index is 11.6. The predicted molar refractivity (Wildman–Crippen MR) is 63.2 cm³/mol. The van der Waals surface area contributed by atoms with Gasteiger partial charge >= 0.3 is 5.97 Å². The molecule has 0 aliphatic carbocycles. The van der Waals surface area contributed by atoms with Crippen molar-refractivity contribution in [2.45, 2.75) is 11.0 Å². The lowest BCUT2D eigenvalue weighted by molar-refractivity contribution is -0.146. The first-order chi connectivity index (χ1) is 7.74. The fourth-order valence-corrected chi connectivity index (χ4v) is 4.05. The Labute approximate surface area is 111 Å². The van der Waals surface area contributed by atoms with Crippen LogP contribution in [0.15, 0.2) is 11.0 Å². The van der Waals surface area contributed by atoms with Crippen LogP contribution in [0.3, 0.4) is 0 Å². The lowest BCUT2D eigenvalue weighted by atomic mass is 10.4. The molecule has 0 aromatic carbocycles. The van der Waals surface area contributed by atoms with E-state index in [2.05, 4.69) is 0 Å². The molecule has 1 heterocycles. The van der Waals surface area contributed by atoms with Gasteiger partial charge in [0.2, 0.25) is 10.0 Å². The standard InChI is InChI=1S/C7H7Cl2NO5S2/c8-5-1-4(6(9)16-5)17(14,15)10-2-3(11)7(12)13/h1,3,10-11H,2H2,(H,12,13)/t3-/m0/s1. The van der Waals surface area contributed by atoms with Gasteiger partial charge in [-0.25, -0.2) is 17.9 Å². The first-order valence-electron chi connectivity index (χ1n) is 4.09. The third-order valence-electron chi connectivity index (χ3n) is 1.67. The van der Waals surface area contributed by atoms with Gasteiger partial charge < -0.3 is 10.2 Å². The quantitative estimate of drug-likeness (QED) is 0.744. The molecule has 0 aliphatic rings. The second kappa shape index (κ2) is 5.51. The van der Waals surface area contributed by atoms with E-state index in [1.807, 2.05) is 4.72 Å². The van der Waals surface area contributed by atoms with E-state index in [0.29, 0.717) is 0 Å². The molecule has 0 spiro atoms. The highest BCUT2D eigenvalue weighted by atomic mass is 35.5. The van der Waals surface area contributed by atoms with Crippen molar-refractivity contribution in [3.8, 4) is 0 Å². The van der Waals surface area contributed by atoms with Crippen LogP contribution in [0.5, 0.6) is 0 Å². The van der Waals surface area contributed by atoms with Crippen LogP contribution in [-0.2, 0) is 14.8 Å². The summed E-state index contributed by atoms with van der Waals surface area (Å²) in [7, 11) is -3.98. The van der Waals surface area contributed by atoms with Crippen molar-refractivity contribution in [3.05, 3.63) is 14.7 Å². The smallest absolute Gasteiger partial charge is 0.333 e. The Morgan fingerprint density at radius 2 is 2.12 bits per heavy atom. The summed E-state index contributed by atoms with van der Waals surface area (Å²) in [6.45, 7) is -0.651. The molecule has 1 aromatic rings. The maximum Gasteiger partial charge on any atom is 0.333 e.